The molecule has 0 aromatic heterocycles. The van der Waals surface area contributed by atoms with Crippen molar-refractivity contribution < 1.29 is 18.8 Å². The van der Waals surface area contributed by atoms with Gasteiger partial charge in [0.25, 0.3) is 0 Å². The molecule has 1 N–H and O–H groups in total. The molecule has 0 aliphatic carbocycles. The summed E-state index contributed by atoms with van der Waals surface area (Å²) in [7, 11) is 0. The van der Waals surface area contributed by atoms with Crippen LogP contribution in [0.15, 0.2) is 5.11 Å². The van der Waals surface area contributed by atoms with Gasteiger partial charge in [-0.1, -0.05) is 5.11 Å². The Kier molecular flexibility index (Phi) is 12.0. The van der Waals surface area contributed by atoms with E-state index in [-0.39, 0.29) is 48.9 Å². The summed E-state index contributed by atoms with van der Waals surface area (Å²) in [6, 6.07) is 0. The molecule has 10 heteroatoms. The van der Waals surface area contributed by atoms with Crippen molar-refractivity contribution >= 4 is 29.5 Å². The van der Waals surface area contributed by atoms with Gasteiger partial charge in [0, 0.05) is 37.3 Å². The number of imide groups is 1. The summed E-state index contributed by atoms with van der Waals surface area (Å²) in [5.74, 6) is 1.83. The van der Waals surface area contributed by atoms with Gasteiger partial charge in [-0.2, -0.15) is 11.8 Å². The predicted molar refractivity (Wildman–Crippen MR) is 89.7 cm³/mol. The van der Waals surface area contributed by atoms with E-state index < -0.39 is 6.67 Å². The Morgan fingerprint density at radius 3 is 2.79 bits per heavy atom. The molecule has 0 radical (unpaired) electrons. The SMILES string of the molecule is C#CCCNC(=O)CCN1C(=O)CC(SC)C1=O.[N-]=[N+]=NCC[18F]. The topological polar surface area (TPSA) is 115 Å². The molecule has 8 nitrogen and oxygen atoms in total. The summed E-state index contributed by atoms with van der Waals surface area (Å²) in [5, 5.41) is 5.23. The Morgan fingerprint density at radius 1 is 1.62 bits per heavy atom. The first-order chi connectivity index (χ1) is 11.5. The van der Waals surface area contributed by atoms with E-state index >= 15 is 0 Å². The first kappa shape index (κ1) is 21.8. The lowest BCUT2D eigenvalue weighted by atomic mass is 10.3. The molecule has 0 spiro atoms. The number of nitrogens with zero attached hydrogens (tertiary/aromatic N) is 4. The van der Waals surface area contributed by atoms with Crippen LogP contribution in [0, 0.1) is 12.3 Å². The van der Waals surface area contributed by atoms with Gasteiger partial charge >= 0.3 is 0 Å². The summed E-state index contributed by atoms with van der Waals surface area (Å²) in [4.78, 5) is 38.2. The number of amides is 3. The lowest BCUT2D eigenvalue weighted by molar-refractivity contribution is -0.138. The second-order valence-electron chi connectivity index (χ2n) is 4.51. The van der Waals surface area contributed by atoms with Crippen LogP contribution < -0.4 is 5.32 Å². The van der Waals surface area contributed by atoms with Gasteiger partial charge in [-0.25, -0.2) is 0 Å². The fourth-order valence-corrected chi connectivity index (χ4v) is 2.37. The molecule has 0 aromatic rings. The molecule has 1 atom stereocenters. The van der Waals surface area contributed by atoms with Gasteiger partial charge in [0.15, 0.2) is 0 Å². The molecule has 1 saturated heterocycles. The van der Waals surface area contributed by atoms with E-state index in [2.05, 4.69) is 21.3 Å². The Labute approximate surface area is 144 Å². The Morgan fingerprint density at radius 2 is 2.33 bits per heavy atom. The first-order valence-corrected chi connectivity index (χ1v) is 8.44. The van der Waals surface area contributed by atoms with E-state index in [1.54, 1.807) is 6.26 Å². The Bertz CT molecular complexity index is 531. The monoisotopic (exact) mass is 356 g/mol. The van der Waals surface area contributed by atoms with Gasteiger partial charge in [0.2, 0.25) is 17.7 Å². The summed E-state index contributed by atoms with van der Waals surface area (Å²) in [6.07, 6.45) is 7.69. The number of carbonyl (C=O) groups excluding carboxylic acids is 3. The standard InChI is InChI=1S/C12H16N2O3S.C2H4FN3/c1-3-4-6-13-10(15)5-7-14-11(16)8-9(18-2)12(14)17;3-1-2-5-6-4/h1,9H,4-8H2,2H3,(H,13,15);1-2H2/i;3-1. The van der Waals surface area contributed by atoms with E-state index in [0.29, 0.717) is 13.0 Å². The quantitative estimate of drug-likeness (QED) is 0.176. The molecular weight excluding hydrogens is 336 g/mol. The minimum Gasteiger partial charge on any atom is -0.355 e. The lowest BCUT2D eigenvalue weighted by Crippen LogP contribution is -2.35. The van der Waals surface area contributed by atoms with E-state index in [9.17, 15) is 18.8 Å². The highest BCUT2D eigenvalue weighted by atomic mass is 32.2. The van der Waals surface area contributed by atoms with E-state index in [4.69, 9.17) is 12.0 Å². The third-order valence-electron chi connectivity index (χ3n) is 2.89. The maximum absolute atomic E-state index is 11.7. The largest absolute Gasteiger partial charge is 0.355 e. The van der Waals surface area contributed by atoms with E-state index in [1.165, 1.54) is 16.7 Å². The maximum atomic E-state index is 11.7. The van der Waals surface area contributed by atoms with Crippen molar-refractivity contribution in [2.75, 3.05) is 32.6 Å². The van der Waals surface area contributed by atoms with Crippen molar-refractivity contribution in [1.82, 2.24) is 10.2 Å². The highest BCUT2D eigenvalue weighted by molar-refractivity contribution is 8.00. The van der Waals surface area contributed by atoms with Crippen LogP contribution in [-0.4, -0.2) is 60.4 Å². The van der Waals surface area contributed by atoms with E-state index in [0.717, 1.165) is 0 Å². The Hall–Kier alpha value is -2.24. The second kappa shape index (κ2) is 13.2. The average molecular weight is 356 g/mol. The summed E-state index contributed by atoms with van der Waals surface area (Å²) < 4.78 is 10.9. The third kappa shape index (κ3) is 8.41. The molecule has 0 aromatic carbocycles. The average Bonchev–Trinajstić information content (AvgIpc) is 2.85. The number of terminal acetylenes is 1. The number of azide groups is 1. The number of likely N-dealkylation sites (tertiary alicyclic amines) is 1. The van der Waals surface area contributed by atoms with Crippen LogP contribution in [0.5, 0.6) is 0 Å². The molecule has 132 valence electrons. The fourth-order valence-electron chi connectivity index (χ4n) is 1.73. The molecule has 0 saturated carbocycles. The minimum atomic E-state index is -0.565. The molecule has 1 rings (SSSR count). The number of thioether (sulfide) groups is 1. The second-order valence-corrected chi connectivity index (χ2v) is 5.55. The third-order valence-corrected chi connectivity index (χ3v) is 3.83. The van der Waals surface area contributed by atoms with Gasteiger partial charge in [-0.05, 0) is 11.8 Å². The molecule has 1 aliphatic heterocycles. The normalized spacial score (nSPS) is 15.9. The molecule has 1 heterocycles. The zero-order valence-corrected chi connectivity index (χ0v) is 14.2. The van der Waals surface area contributed by atoms with Crippen molar-refractivity contribution in [3.8, 4) is 12.3 Å². The van der Waals surface area contributed by atoms with Gasteiger partial charge in [-0.3, -0.25) is 23.7 Å². The van der Waals surface area contributed by atoms with Gasteiger partial charge in [-0.15, -0.1) is 12.3 Å². The number of halogens is 1. The van der Waals surface area contributed by atoms with Crippen molar-refractivity contribution in [3.05, 3.63) is 10.4 Å². The molecule has 3 amide bonds. The van der Waals surface area contributed by atoms with Crippen LogP contribution in [-0.2, 0) is 14.4 Å². The smallest absolute Gasteiger partial charge is 0.242 e. The maximum Gasteiger partial charge on any atom is 0.242 e. The van der Waals surface area contributed by atoms with Crippen molar-refractivity contribution in [2.24, 2.45) is 5.11 Å². The minimum absolute atomic E-state index is 0.0451. The summed E-state index contributed by atoms with van der Waals surface area (Å²) in [5.41, 5.74) is 7.49. The number of rotatable bonds is 8. The van der Waals surface area contributed by atoms with Gasteiger partial charge < -0.3 is 5.32 Å². The molecule has 1 aliphatic rings. The fraction of sp³-hybridized carbons (Fsp3) is 0.643. The first-order valence-electron chi connectivity index (χ1n) is 7.15. The van der Waals surface area contributed by atoms with Crippen LogP contribution in [0.1, 0.15) is 19.3 Å². The Balaban J connectivity index is 0.000000754. The zero-order chi connectivity index (χ0) is 18.4. The number of nitrogens with one attached hydrogen (secondary N) is 1. The van der Waals surface area contributed by atoms with Crippen LogP contribution in [0.2, 0.25) is 0 Å². The zero-order valence-electron chi connectivity index (χ0n) is 13.4. The molecule has 1 unspecified atom stereocenters. The molecular formula is C14H20FN5O3S. The van der Waals surface area contributed by atoms with Crippen LogP contribution >= 0.6 is 11.8 Å². The van der Waals surface area contributed by atoms with Gasteiger partial charge in [0.1, 0.15) is 0 Å². The highest BCUT2D eigenvalue weighted by Crippen LogP contribution is 2.22. The highest BCUT2D eigenvalue weighted by Gasteiger charge is 2.37. The van der Waals surface area contributed by atoms with Gasteiger partial charge in [0.05, 0.1) is 18.5 Å². The van der Waals surface area contributed by atoms with Crippen molar-refractivity contribution in [1.29, 1.82) is 0 Å². The number of carbonyl (C=O) groups is 3. The van der Waals surface area contributed by atoms with Crippen LogP contribution in [0.3, 0.4) is 0 Å². The molecule has 24 heavy (non-hydrogen) atoms. The lowest BCUT2D eigenvalue weighted by Gasteiger charge is -2.14. The predicted octanol–water partition coefficient (Wildman–Crippen LogP) is 1.27. The van der Waals surface area contributed by atoms with Crippen molar-refractivity contribution in [2.45, 2.75) is 24.5 Å². The summed E-state index contributed by atoms with van der Waals surface area (Å²) >= 11 is 1.36. The summed E-state index contributed by atoms with van der Waals surface area (Å²) in [6.45, 7) is -0.0398. The van der Waals surface area contributed by atoms with E-state index in [1.807, 2.05) is 0 Å². The number of hydrogen-bond acceptors (Lipinski definition) is 5. The van der Waals surface area contributed by atoms with Crippen molar-refractivity contribution in [3.63, 3.8) is 0 Å². The van der Waals surface area contributed by atoms with Crippen LogP contribution in [0.4, 0.5) is 4.39 Å². The number of alkyl halides is 1. The molecule has 1 fully saturated rings. The molecule has 0 bridgehead atoms. The van der Waals surface area contributed by atoms with Crippen LogP contribution in [0.25, 0.3) is 10.4 Å². The number of hydrogen-bond donors (Lipinski definition) is 1.